The second-order valence-electron chi connectivity index (χ2n) is 7.72. The van der Waals surface area contributed by atoms with Crippen LogP contribution >= 0.6 is 0 Å². The van der Waals surface area contributed by atoms with E-state index in [1.54, 1.807) is 0 Å². The van der Waals surface area contributed by atoms with Crippen molar-refractivity contribution in [2.75, 3.05) is 52.9 Å². The minimum Gasteiger partial charge on any atom is -0.491 e. The molecular weight excluding hydrogens is 424 g/mol. The summed E-state index contributed by atoms with van der Waals surface area (Å²) in [7, 11) is 0. The van der Waals surface area contributed by atoms with Gasteiger partial charge in [-0.3, -0.25) is 9.59 Å². The SMILES string of the molecule is Cc1cc(OCCOCCOCCOCCOc2cc(C)c(C=O)cc2C)c(C)cc1C=O. The Balaban J connectivity index is 1.45. The third kappa shape index (κ3) is 8.96. The zero-order valence-corrected chi connectivity index (χ0v) is 20.0. The number of rotatable bonds is 16. The third-order valence-corrected chi connectivity index (χ3v) is 5.10. The van der Waals surface area contributed by atoms with Crippen LogP contribution in [-0.4, -0.2) is 65.4 Å². The van der Waals surface area contributed by atoms with E-state index in [0.29, 0.717) is 64.0 Å². The minimum atomic E-state index is 0.431. The van der Waals surface area contributed by atoms with Crippen molar-refractivity contribution >= 4 is 12.6 Å². The summed E-state index contributed by atoms with van der Waals surface area (Å²) in [5.41, 5.74) is 5.01. The normalized spacial score (nSPS) is 10.8. The molecule has 2 aromatic rings. The van der Waals surface area contributed by atoms with Gasteiger partial charge in [0.05, 0.1) is 39.6 Å². The first kappa shape index (κ1) is 26.5. The number of benzene rings is 2. The first-order valence-corrected chi connectivity index (χ1v) is 11.1. The highest BCUT2D eigenvalue weighted by Crippen LogP contribution is 2.22. The number of aldehydes is 2. The van der Waals surface area contributed by atoms with Gasteiger partial charge in [-0.2, -0.15) is 0 Å². The van der Waals surface area contributed by atoms with Gasteiger partial charge in [0, 0.05) is 11.1 Å². The van der Waals surface area contributed by atoms with Gasteiger partial charge in [-0.05, 0) is 74.2 Å². The van der Waals surface area contributed by atoms with Crippen molar-refractivity contribution in [3.8, 4) is 11.5 Å². The van der Waals surface area contributed by atoms with Gasteiger partial charge in [0.25, 0.3) is 0 Å². The molecule has 0 aromatic heterocycles. The van der Waals surface area contributed by atoms with Crippen molar-refractivity contribution in [2.45, 2.75) is 27.7 Å². The Labute approximate surface area is 195 Å². The monoisotopic (exact) mass is 458 g/mol. The molecule has 7 nitrogen and oxygen atoms in total. The van der Waals surface area contributed by atoms with Gasteiger partial charge in [-0.15, -0.1) is 0 Å². The van der Waals surface area contributed by atoms with E-state index in [0.717, 1.165) is 46.3 Å². The fourth-order valence-corrected chi connectivity index (χ4v) is 3.15. The highest BCUT2D eigenvalue weighted by atomic mass is 16.6. The van der Waals surface area contributed by atoms with E-state index in [9.17, 15) is 9.59 Å². The maximum Gasteiger partial charge on any atom is 0.150 e. The van der Waals surface area contributed by atoms with Gasteiger partial charge in [0.1, 0.15) is 37.3 Å². The van der Waals surface area contributed by atoms with Crippen LogP contribution in [0.1, 0.15) is 43.0 Å². The summed E-state index contributed by atoms with van der Waals surface area (Å²) in [6, 6.07) is 7.40. The van der Waals surface area contributed by atoms with Crippen molar-refractivity contribution in [1.82, 2.24) is 0 Å². The van der Waals surface area contributed by atoms with Gasteiger partial charge < -0.3 is 23.7 Å². The number of ether oxygens (including phenoxy) is 5. The molecule has 0 saturated carbocycles. The lowest BCUT2D eigenvalue weighted by atomic mass is 10.1. The molecule has 0 fully saturated rings. The molecule has 0 spiro atoms. The molecule has 0 radical (unpaired) electrons. The van der Waals surface area contributed by atoms with Crippen LogP contribution in [0.4, 0.5) is 0 Å². The second kappa shape index (κ2) is 14.4. The molecule has 0 aliphatic rings. The lowest BCUT2D eigenvalue weighted by Gasteiger charge is -2.12. The van der Waals surface area contributed by atoms with E-state index in [-0.39, 0.29) is 0 Å². The quantitative estimate of drug-likeness (QED) is 0.277. The van der Waals surface area contributed by atoms with Crippen molar-refractivity contribution in [3.05, 3.63) is 57.6 Å². The van der Waals surface area contributed by atoms with E-state index in [4.69, 9.17) is 23.7 Å². The molecule has 0 aliphatic heterocycles. The summed E-state index contributed by atoms with van der Waals surface area (Å²) in [5, 5.41) is 0. The van der Waals surface area contributed by atoms with Crippen LogP contribution in [0.2, 0.25) is 0 Å². The Bertz CT molecular complexity index is 834. The summed E-state index contributed by atoms with van der Waals surface area (Å²) in [6.07, 6.45) is 1.71. The van der Waals surface area contributed by atoms with Crippen LogP contribution in [0.15, 0.2) is 24.3 Å². The molecule has 2 aromatic carbocycles. The number of hydrogen-bond donors (Lipinski definition) is 0. The van der Waals surface area contributed by atoms with Crippen LogP contribution in [0, 0.1) is 27.7 Å². The van der Waals surface area contributed by atoms with Crippen molar-refractivity contribution < 1.29 is 33.3 Å². The Morgan fingerprint density at radius 1 is 0.515 bits per heavy atom. The summed E-state index contributed by atoms with van der Waals surface area (Å²) >= 11 is 0. The molecule has 0 heterocycles. The van der Waals surface area contributed by atoms with Crippen molar-refractivity contribution in [2.24, 2.45) is 0 Å². The van der Waals surface area contributed by atoms with Crippen LogP contribution in [0.25, 0.3) is 0 Å². The summed E-state index contributed by atoms with van der Waals surface area (Å²) in [5.74, 6) is 1.53. The maximum absolute atomic E-state index is 11.0. The van der Waals surface area contributed by atoms with E-state index in [1.165, 1.54) is 0 Å². The largest absolute Gasteiger partial charge is 0.491 e. The Hall–Kier alpha value is -2.74. The fourth-order valence-electron chi connectivity index (χ4n) is 3.15. The van der Waals surface area contributed by atoms with Gasteiger partial charge in [0.2, 0.25) is 0 Å². The second-order valence-corrected chi connectivity index (χ2v) is 7.72. The highest BCUT2D eigenvalue weighted by molar-refractivity contribution is 5.78. The standard InChI is InChI=1S/C26H34O7/c1-19-15-25(21(3)13-23(19)17-27)32-11-9-30-7-5-29-6-8-31-10-12-33-26-16-20(2)24(18-28)14-22(26)4/h13-18H,5-12H2,1-4H3. The van der Waals surface area contributed by atoms with Crippen LogP contribution in [0.5, 0.6) is 11.5 Å². The molecule has 33 heavy (non-hydrogen) atoms. The third-order valence-electron chi connectivity index (χ3n) is 5.10. The van der Waals surface area contributed by atoms with Gasteiger partial charge in [0.15, 0.2) is 0 Å². The van der Waals surface area contributed by atoms with E-state index in [1.807, 2.05) is 52.0 Å². The van der Waals surface area contributed by atoms with Gasteiger partial charge in [-0.1, -0.05) is 0 Å². The van der Waals surface area contributed by atoms with Crippen molar-refractivity contribution in [3.63, 3.8) is 0 Å². The minimum absolute atomic E-state index is 0.431. The number of hydrogen-bond acceptors (Lipinski definition) is 7. The smallest absolute Gasteiger partial charge is 0.150 e. The number of carbonyl (C=O) groups excluding carboxylic acids is 2. The van der Waals surface area contributed by atoms with Crippen LogP contribution in [0.3, 0.4) is 0 Å². The summed E-state index contributed by atoms with van der Waals surface area (Å²) in [6.45, 7) is 11.3. The average molecular weight is 459 g/mol. The molecule has 2 rings (SSSR count). The molecule has 0 N–H and O–H groups in total. The Morgan fingerprint density at radius 2 is 0.848 bits per heavy atom. The molecule has 0 amide bonds. The predicted molar refractivity (Wildman–Crippen MR) is 126 cm³/mol. The summed E-state index contributed by atoms with van der Waals surface area (Å²) < 4.78 is 28.0. The number of carbonyl (C=O) groups is 2. The molecule has 0 aliphatic carbocycles. The lowest BCUT2D eigenvalue weighted by molar-refractivity contribution is 0.00493. The van der Waals surface area contributed by atoms with Gasteiger partial charge >= 0.3 is 0 Å². The van der Waals surface area contributed by atoms with E-state index in [2.05, 4.69) is 0 Å². The van der Waals surface area contributed by atoms with Crippen LogP contribution < -0.4 is 9.47 Å². The molecule has 0 atom stereocenters. The zero-order valence-electron chi connectivity index (χ0n) is 20.0. The lowest BCUT2D eigenvalue weighted by Crippen LogP contribution is -2.14. The first-order chi connectivity index (χ1) is 16.0. The van der Waals surface area contributed by atoms with Crippen molar-refractivity contribution in [1.29, 1.82) is 0 Å². The van der Waals surface area contributed by atoms with E-state index < -0.39 is 0 Å². The predicted octanol–water partition coefficient (Wildman–Crippen LogP) is 4.05. The Morgan fingerprint density at radius 3 is 1.18 bits per heavy atom. The zero-order chi connectivity index (χ0) is 24.1. The van der Waals surface area contributed by atoms with Gasteiger partial charge in [-0.25, -0.2) is 0 Å². The molecule has 7 heteroatoms. The molecule has 0 saturated heterocycles. The maximum atomic E-state index is 11.0. The van der Waals surface area contributed by atoms with Crippen LogP contribution in [-0.2, 0) is 14.2 Å². The molecular formula is C26H34O7. The highest BCUT2D eigenvalue weighted by Gasteiger charge is 2.06. The van der Waals surface area contributed by atoms with E-state index >= 15 is 0 Å². The average Bonchev–Trinajstić information content (AvgIpc) is 2.80. The summed E-state index contributed by atoms with van der Waals surface area (Å²) in [4.78, 5) is 21.9. The molecule has 180 valence electrons. The molecule has 0 unspecified atom stereocenters. The topological polar surface area (TPSA) is 80.3 Å². The molecule has 0 bridgehead atoms. The fraction of sp³-hybridized carbons (Fsp3) is 0.462. The Kier molecular flexibility index (Phi) is 11.6. The number of aryl methyl sites for hydroxylation is 4. The first-order valence-electron chi connectivity index (χ1n) is 11.1.